The van der Waals surface area contributed by atoms with Gasteiger partial charge >= 0.3 is 0 Å². The van der Waals surface area contributed by atoms with Crippen molar-refractivity contribution in [3.05, 3.63) is 35.0 Å². The molecule has 0 radical (unpaired) electrons. The molecule has 0 bridgehead atoms. The molecule has 1 aromatic heterocycles. The highest BCUT2D eigenvalue weighted by atomic mass is 14.8. The zero-order chi connectivity index (χ0) is 12.5. The van der Waals surface area contributed by atoms with Crippen molar-refractivity contribution >= 4 is 10.9 Å². The molecule has 3 rings (SSSR count). The predicted octanol–water partition coefficient (Wildman–Crippen LogP) is 3.05. The van der Waals surface area contributed by atoms with Gasteiger partial charge in [-0.2, -0.15) is 0 Å². The number of nitrogens with one attached hydrogen (secondary N) is 2. The Kier molecular flexibility index (Phi) is 3.13. The lowest BCUT2D eigenvalue weighted by molar-refractivity contribution is 0.439. The summed E-state index contributed by atoms with van der Waals surface area (Å²) in [7, 11) is 2.06. The molecule has 1 heterocycles. The van der Waals surface area contributed by atoms with Gasteiger partial charge in [-0.3, -0.25) is 0 Å². The molecule has 1 unspecified atom stereocenters. The summed E-state index contributed by atoms with van der Waals surface area (Å²) >= 11 is 0. The van der Waals surface area contributed by atoms with E-state index in [0.717, 1.165) is 18.9 Å². The molecule has 2 heteroatoms. The second kappa shape index (κ2) is 4.77. The van der Waals surface area contributed by atoms with Crippen LogP contribution < -0.4 is 5.32 Å². The molecule has 96 valence electrons. The van der Waals surface area contributed by atoms with Crippen molar-refractivity contribution in [2.24, 2.45) is 5.92 Å². The van der Waals surface area contributed by atoms with Crippen molar-refractivity contribution in [2.45, 2.75) is 32.6 Å². The Morgan fingerprint density at radius 3 is 3.06 bits per heavy atom. The van der Waals surface area contributed by atoms with Crippen LogP contribution in [-0.4, -0.2) is 18.6 Å². The minimum Gasteiger partial charge on any atom is -0.358 e. The largest absolute Gasteiger partial charge is 0.358 e. The van der Waals surface area contributed by atoms with Gasteiger partial charge in [0.2, 0.25) is 0 Å². The fourth-order valence-corrected chi connectivity index (χ4v) is 3.22. The lowest BCUT2D eigenvalue weighted by Gasteiger charge is -2.22. The molecular formula is C16H22N2. The van der Waals surface area contributed by atoms with Crippen LogP contribution in [0.15, 0.2) is 18.2 Å². The van der Waals surface area contributed by atoms with Crippen LogP contribution >= 0.6 is 0 Å². The lowest BCUT2D eigenvalue weighted by Crippen LogP contribution is -2.24. The molecule has 0 spiro atoms. The number of benzene rings is 1. The SMILES string of the molecule is CCc1ccc2[nH]c3c(c2c1)CC(CNC)CC3. The first-order valence-electron chi connectivity index (χ1n) is 7.08. The second-order valence-electron chi connectivity index (χ2n) is 5.48. The average molecular weight is 242 g/mol. The van der Waals surface area contributed by atoms with Crippen molar-refractivity contribution in [1.29, 1.82) is 0 Å². The number of hydrogen-bond acceptors (Lipinski definition) is 1. The van der Waals surface area contributed by atoms with Crippen molar-refractivity contribution in [3.8, 4) is 0 Å². The smallest absolute Gasteiger partial charge is 0.0459 e. The zero-order valence-electron chi connectivity index (χ0n) is 11.3. The van der Waals surface area contributed by atoms with Gasteiger partial charge in [0.25, 0.3) is 0 Å². The number of rotatable bonds is 3. The molecule has 1 aliphatic rings. The first-order valence-corrected chi connectivity index (χ1v) is 7.08. The number of aromatic nitrogens is 1. The van der Waals surface area contributed by atoms with Crippen LogP contribution in [0.25, 0.3) is 10.9 Å². The molecule has 1 aliphatic carbocycles. The third kappa shape index (κ3) is 1.95. The zero-order valence-corrected chi connectivity index (χ0v) is 11.3. The lowest BCUT2D eigenvalue weighted by atomic mass is 9.86. The molecule has 1 atom stereocenters. The molecule has 0 amide bonds. The van der Waals surface area contributed by atoms with E-state index in [1.165, 1.54) is 41.4 Å². The highest BCUT2D eigenvalue weighted by molar-refractivity contribution is 5.85. The summed E-state index contributed by atoms with van der Waals surface area (Å²) in [5, 5.41) is 4.78. The van der Waals surface area contributed by atoms with E-state index in [0.29, 0.717) is 0 Å². The van der Waals surface area contributed by atoms with E-state index in [9.17, 15) is 0 Å². The van der Waals surface area contributed by atoms with Gasteiger partial charge < -0.3 is 10.3 Å². The quantitative estimate of drug-likeness (QED) is 0.850. The standard InChI is InChI=1S/C16H22N2/c1-3-11-4-6-15-13(8-11)14-9-12(10-17-2)5-7-16(14)18-15/h4,6,8,12,17-18H,3,5,7,9-10H2,1-2H3. The third-order valence-electron chi connectivity index (χ3n) is 4.26. The molecule has 0 saturated carbocycles. The van der Waals surface area contributed by atoms with Gasteiger partial charge in [0, 0.05) is 16.6 Å². The molecule has 2 nitrogen and oxygen atoms in total. The Labute approximate surface area is 109 Å². The van der Waals surface area contributed by atoms with E-state index in [1.54, 1.807) is 5.56 Å². The molecule has 2 aromatic rings. The first-order chi connectivity index (χ1) is 8.81. The van der Waals surface area contributed by atoms with Crippen LogP contribution in [0.5, 0.6) is 0 Å². The maximum atomic E-state index is 3.61. The molecule has 18 heavy (non-hydrogen) atoms. The molecule has 0 saturated heterocycles. The number of H-pyrrole nitrogens is 1. The Morgan fingerprint density at radius 1 is 1.39 bits per heavy atom. The minimum atomic E-state index is 0.798. The maximum absolute atomic E-state index is 3.61. The average Bonchev–Trinajstić information content (AvgIpc) is 2.76. The number of aromatic amines is 1. The summed E-state index contributed by atoms with van der Waals surface area (Å²) in [5.41, 5.74) is 5.82. The summed E-state index contributed by atoms with van der Waals surface area (Å²) < 4.78 is 0. The van der Waals surface area contributed by atoms with Crippen LogP contribution in [0.2, 0.25) is 0 Å². The summed E-state index contributed by atoms with van der Waals surface area (Å²) in [6.45, 7) is 3.36. The van der Waals surface area contributed by atoms with E-state index < -0.39 is 0 Å². The van der Waals surface area contributed by atoms with Crippen LogP contribution in [0.3, 0.4) is 0 Å². The Bertz CT molecular complexity index is 553. The van der Waals surface area contributed by atoms with Crippen LogP contribution in [0.1, 0.15) is 30.2 Å². The molecule has 0 fully saturated rings. The van der Waals surface area contributed by atoms with Crippen molar-refractivity contribution in [1.82, 2.24) is 10.3 Å². The number of hydrogen-bond donors (Lipinski definition) is 2. The van der Waals surface area contributed by atoms with Gasteiger partial charge in [0.05, 0.1) is 0 Å². The highest BCUT2D eigenvalue weighted by Gasteiger charge is 2.21. The Hall–Kier alpha value is -1.28. The Morgan fingerprint density at radius 2 is 2.28 bits per heavy atom. The summed E-state index contributed by atoms with van der Waals surface area (Å²) in [4.78, 5) is 3.61. The summed E-state index contributed by atoms with van der Waals surface area (Å²) in [6.07, 6.45) is 4.86. The minimum absolute atomic E-state index is 0.798. The normalized spacial score (nSPS) is 19.1. The van der Waals surface area contributed by atoms with Gasteiger partial charge in [0.1, 0.15) is 0 Å². The van der Waals surface area contributed by atoms with Gasteiger partial charge in [-0.1, -0.05) is 13.0 Å². The van der Waals surface area contributed by atoms with Gasteiger partial charge in [-0.05, 0) is 68.5 Å². The van der Waals surface area contributed by atoms with E-state index in [-0.39, 0.29) is 0 Å². The van der Waals surface area contributed by atoms with E-state index in [4.69, 9.17) is 0 Å². The molecule has 2 N–H and O–H groups in total. The first kappa shape index (κ1) is 11.8. The summed E-state index contributed by atoms with van der Waals surface area (Å²) in [5.74, 6) is 0.798. The highest BCUT2D eigenvalue weighted by Crippen LogP contribution is 2.32. The maximum Gasteiger partial charge on any atom is 0.0459 e. The van der Waals surface area contributed by atoms with Crippen LogP contribution in [-0.2, 0) is 19.3 Å². The van der Waals surface area contributed by atoms with Gasteiger partial charge in [0.15, 0.2) is 0 Å². The molecule has 1 aromatic carbocycles. The van der Waals surface area contributed by atoms with Crippen LogP contribution in [0, 0.1) is 5.92 Å². The van der Waals surface area contributed by atoms with Crippen molar-refractivity contribution in [3.63, 3.8) is 0 Å². The fourth-order valence-electron chi connectivity index (χ4n) is 3.22. The Balaban J connectivity index is 2.02. The van der Waals surface area contributed by atoms with Gasteiger partial charge in [-0.15, -0.1) is 0 Å². The fraction of sp³-hybridized carbons (Fsp3) is 0.500. The number of aryl methyl sites for hydroxylation is 2. The monoisotopic (exact) mass is 242 g/mol. The van der Waals surface area contributed by atoms with E-state index in [1.807, 2.05) is 0 Å². The van der Waals surface area contributed by atoms with E-state index >= 15 is 0 Å². The van der Waals surface area contributed by atoms with Crippen molar-refractivity contribution < 1.29 is 0 Å². The summed E-state index contributed by atoms with van der Waals surface area (Å²) in [6, 6.07) is 6.88. The van der Waals surface area contributed by atoms with Gasteiger partial charge in [-0.25, -0.2) is 0 Å². The number of fused-ring (bicyclic) bond motifs is 3. The van der Waals surface area contributed by atoms with Crippen LogP contribution in [0.4, 0.5) is 0 Å². The molecular weight excluding hydrogens is 220 g/mol. The second-order valence-corrected chi connectivity index (χ2v) is 5.48. The third-order valence-corrected chi connectivity index (χ3v) is 4.26. The predicted molar refractivity (Wildman–Crippen MR) is 77.1 cm³/mol. The topological polar surface area (TPSA) is 27.8 Å². The van der Waals surface area contributed by atoms with Crippen molar-refractivity contribution in [2.75, 3.05) is 13.6 Å². The van der Waals surface area contributed by atoms with E-state index in [2.05, 4.69) is 42.5 Å². The molecule has 0 aliphatic heterocycles.